The van der Waals surface area contributed by atoms with Crippen molar-refractivity contribution in [2.45, 2.75) is 32.3 Å². The van der Waals surface area contributed by atoms with Crippen molar-refractivity contribution in [3.8, 4) is 0 Å². The number of aryl methyl sites for hydroxylation is 1. The number of carbonyl (C=O) groups excluding carboxylic acids is 1. The quantitative estimate of drug-likeness (QED) is 0.820. The average molecular weight is 312 g/mol. The van der Waals surface area contributed by atoms with E-state index in [4.69, 9.17) is 0 Å². The van der Waals surface area contributed by atoms with Gasteiger partial charge in [0.25, 0.3) is 0 Å². The van der Waals surface area contributed by atoms with Gasteiger partial charge in [-0.3, -0.25) is 0 Å². The number of carbonyl (C=O) groups is 1. The van der Waals surface area contributed by atoms with Gasteiger partial charge in [0, 0.05) is 31.6 Å². The van der Waals surface area contributed by atoms with Crippen LogP contribution in [0.25, 0.3) is 0 Å². The third-order valence-corrected chi connectivity index (χ3v) is 4.03. The van der Waals surface area contributed by atoms with E-state index >= 15 is 0 Å². The Morgan fingerprint density at radius 3 is 2.68 bits per heavy atom. The highest BCUT2D eigenvalue weighted by Crippen LogP contribution is 2.19. The van der Waals surface area contributed by atoms with Crippen LogP contribution in [0.1, 0.15) is 25.3 Å². The van der Waals surface area contributed by atoms with Gasteiger partial charge in [-0.15, -0.1) is 0 Å². The maximum atomic E-state index is 13.0. The van der Waals surface area contributed by atoms with Gasteiger partial charge in [-0.1, -0.05) is 0 Å². The Kier molecular flexibility index (Phi) is 5.71. The summed E-state index contributed by atoms with van der Waals surface area (Å²) in [6, 6.07) is 3.31. The summed E-state index contributed by atoms with van der Waals surface area (Å²) >= 11 is 0. The van der Waals surface area contributed by atoms with Crippen molar-refractivity contribution in [2.75, 3.05) is 19.6 Å². The molecular formula is C16H22F2N2O2. The minimum Gasteiger partial charge on any atom is -0.393 e. The fraction of sp³-hybridized carbons (Fsp3) is 0.562. The lowest BCUT2D eigenvalue weighted by Crippen LogP contribution is -2.39. The summed E-state index contributed by atoms with van der Waals surface area (Å²) in [5, 5.41) is 12.3. The van der Waals surface area contributed by atoms with Crippen molar-refractivity contribution in [3.05, 3.63) is 35.4 Å². The van der Waals surface area contributed by atoms with E-state index in [2.05, 4.69) is 5.32 Å². The van der Waals surface area contributed by atoms with Crippen LogP contribution in [-0.2, 0) is 6.42 Å². The first-order valence-corrected chi connectivity index (χ1v) is 7.61. The van der Waals surface area contributed by atoms with Crippen LogP contribution in [0.5, 0.6) is 0 Å². The second-order valence-electron chi connectivity index (χ2n) is 5.85. The van der Waals surface area contributed by atoms with Gasteiger partial charge in [0.15, 0.2) is 0 Å². The van der Waals surface area contributed by atoms with Crippen LogP contribution in [0.2, 0.25) is 0 Å². The van der Waals surface area contributed by atoms with Gasteiger partial charge in [-0.05, 0) is 43.9 Å². The van der Waals surface area contributed by atoms with Crippen molar-refractivity contribution < 1.29 is 18.7 Å². The molecule has 1 saturated heterocycles. The van der Waals surface area contributed by atoms with Crippen LogP contribution in [0.3, 0.4) is 0 Å². The lowest BCUT2D eigenvalue weighted by Gasteiger charge is -2.18. The summed E-state index contributed by atoms with van der Waals surface area (Å²) < 4.78 is 26.1. The minimum absolute atomic E-state index is 0.140. The van der Waals surface area contributed by atoms with Gasteiger partial charge in [0.2, 0.25) is 0 Å². The minimum atomic E-state index is -0.583. The number of amides is 2. The molecule has 122 valence electrons. The standard InChI is InChI=1S/C16H22F2N2O2/c1-11(21)13-4-6-20(10-13)16(22)19-5-2-3-12-7-14(17)9-15(18)8-12/h7-9,11,13,21H,2-6,10H2,1H3,(H,19,22)/t11-,13+/m1/s1. The van der Waals surface area contributed by atoms with Crippen LogP contribution < -0.4 is 5.32 Å². The molecule has 2 rings (SSSR count). The smallest absolute Gasteiger partial charge is 0.317 e. The van der Waals surface area contributed by atoms with Crippen LogP contribution in [0, 0.1) is 17.6 Å². The molecule has 1 aliphatic heterocycles. The number of nitrogens with zero attached hydrogens (tertiary/aromatic N) is 1. The van der Waals surface area contributed by atoms with E-state index in [1.807, 2.05) is 0 Å². The molecule has 22 heavy (non-hydrogen) atoms. The number of benzene rings is 1. The Morgan fingerprint density at radius 2 is 2.09 bits per heavy atom. The van der Waals surface area contributed by atoms with Crippen LogP contribution in [-0.4, -0.2) is 41.8 Å². The van der Waals surface area contributed by atoms with Crippen molar-refractivity contribution in [2.24, 2.45) is 5.92 Å². The van der Waals surface area contributed by atoms with Crippen molar-refractivity contribution in [1.29, 1.82) is 0 Å². The molecule has 0 radical (unpaired) electrons. The number of rotatable bonds is 5. The van der Waals surface area contributed by atoms with Crippen molar-refractivity contribution >= 4 is 6.03 Å². The summed E-state index contributed by atoms with van der Waals surface area (Å²) in [6.07, 6.45) is 1.53. The molecule has 6 heteroatoms. The van der Waals surface area contributed by atoms with Gasteiger partial charge < -0.3 is 15.3 Å². The van der Waals surface area contributed by atoms with Gasteiger partial charge in [0.05, 0.1) is 6.10 Å². The highest BCUT2D eigenvalue weighted by atomic mass is 19.1. The van der Waals surface area contributed by atoms with E-state index in [-0.39, 0.29) is 11.9 Å². The molecule has 2 atom stereocenters. The summed E-state index contributed by atoms with van der Waals surface area (Å²) in [4.78, 5) is 13.6. The predicted octanol–water partition coefficient (Wildman–Crippen LogP) is 2.31. The molecule has 0 aliphatic carbocycles. The molecule has 2 N–H and O–H groups in total. The maximum Gasteiger partial charge on any atom is 0.317 e. The number of hydrogen-bond acceptors (Lipinski definition) is 2. The molecule has 2 amide bonds. The zero-order chi connectivity index (χ0) is 16.1. The highest BCUT2D eigenvalue weighted by molar-refractivity contribution is 5.74. The fourth-order valence-electron chi connectivity index (χ4n) is 2.72. The van der Waals surface area contributed by atoms with E-state index in [1.165, 1.54) is 12.1 Å². The summed E-state index contributed by atoms with van der Waals surface area (Å²) in [5.41, 5.74) is 0.585. The maximum absolute atomic E-state index is 13.0. The Morgan fingerprint density at radius 1 is 1.41 bits per heavy atom. The molecule has 0 saturated carbocycles. The van der Waals surface area contributed by atoms with E-state index in [0.29, 0.717) is 38.0 Å². The number of aliphatic hydroxyl groups is 1. The zero-order valence-electron chi connectivity index (χ0n) is 12.7. The lowest BCUT2D eigenvalue weighted by molar-refractivity contribution is 0.129. The van der Waals surface area contributed by atoms with Gasteiger partial charge in [-0.2, -0.15) is 0 Å². The first-order chi connectivity index (χ1) is 10.5. The molecule has 0 spiro atoms. The van der Waals surface area contributed by atoms with Crippen molar-refractivity contribution in [1.82, 2.24) is 10.2 Å². The Balaban J connectivity index is 1.69. The number of aliphatic hydroxyl groups excluding tert-OH is 1. The number of likely N-dealkylation sites (tertiary alicyclic amines) is 1. The van der Waals surface area contributed by atoms with Crippen LogP contribution in [0.15, 0.2) is 18.2 Å². The normalized spacial score (nSPS) is 19.3. The molecule has 4 nitrogen and oxygen atoms in total. The first-order valence-electron chi connectivity index (χ1n) is 7.61. The van der Waals surface area contributed by atoms with Crippen LogP contribution in [0.4, 0.5) is 13.6 Å². The average Bonchev–Trinajstić information content (AvgIpc) is 2.92. The monoisotopic (exact) mass is 312 g/mol. The molecule has 0 unspecified atom stereocenters. The largest absolute Gasteiger partial charge is 0.393 e. The first kappa shape index (κ1) is 16.7. The summed E-state index contributed by atoms with van der Waals surface area (Å²) in [7, 11) is 0. The SMILES string of the molecule is C[C@@H](O)[C@H]1CCN(C(=O)NCCCc2cc(F)cc(F)c2)C1. The topological polar surface area (TPSA) is 52.6 Å². The summed E-state index contributed by atoms with van der Waals surface area (Å²) in [5.74, 6) is -1.03. The van der Waals surface area contributed by atoms with E-state index in [9.17, 15) is 18.7 Å². The summed E-state index contributed by atoms with van der Waals surface area (Å²) in [6.45, 7) is 3.41. The molecule has 0 bridgehead atoms. The van der Waals surface area contributed by atoms with E-state index in [0.717, 1.165) is 12.5 Å². The molecule has 1 aliphatic rings. The fourth-order valence-corrected chi connectivity index (χ4v) is 2.72. The number of nitrogens with one attached hydrogen (secondary N) is 1. The second kappa shape index (κ2) is 7.54. The molecule has 1 fully saturated rings. The molecular weight excluding hydrogens is 290 g/mol. The number of halogens is 2. The van der Waals surface area contributed by atoms with E-state index in [1.54, 1.807) is 11.8 Å². The molecule has 1 aromatic rings. The van der Waals surface area contributed by atoms with Gasteiger partial charge >= 0.3 is 6.03 Å². The zero-order valence-corrected chi connectivity index (χ0v) is 12.7. The second-order valence-corrected chi connectivity index (χ2v) is 5.85. The predicted molar refractivity (Wildman–Crippen MR) is 79.4 cm³/mol. The third kappa shape index (κ3) is 4.66. The molecule has 0 aromatic heterocycles. The molecule has 1 aromatic carbocycles. The van der Waals surface area contributed by atoms with Crippen molar-refractivity contribution in [3.63, 3.8) is 0 Å². The molecule has 1 heterocycles. The van der Waals surface area contributed by atoms with Crippen LogP contribution >= 0.6 is 0 Å². The highest BCUT2D eigenvalue weighted by Gasteiger charge is 2.28. The Hall–Kier alpha value is -1.69. The third-order valence-electron chi connectivity index (χ3n) is 4.03. The Labute approximate surface area is 129 Å². The van der Waals surface area contributed by atoms with Gasteiger partial charge in [0.1, 0.15) is 11.6 Å². The number of hydrogen-bond donors (Lipinski definition) is 2. The number of urea groups is 1. The Bertz CT molecular complexity index is 503. The lowest BCUT2D eigenvalue weighted by atomic mass is 10.0. The van der Waals surface area contributed by atoms with E-state index < -0.39 is 17.7 Å². The van der Waals surface area contributed by atoms with Gasteiger partial charge in [-0.25, -0.2) is 13.6 Å².